The number of nitrogens with one attached hydrogen (secondary N) is 1. The summed E-state index contributed by atoms with van der Waals surface area (Å²) in [5, 5.41) is 5.03. The number of thiophene rings is 1. The standard InChI is InChI=1S/C27H24ClN3OS/c28-19-12-14-20(15-13-19)29-27(32)31-17-22-21-9-4-5-11-24(21)33-26(22)30-16-6-10-23(30)25(31)18-7-2-1-3-8-18/h1-3,6-8,10,12-16,25H,4-5,9,11,17H2,(H,29,32)/t25-/m0/s1. The number of aromatic nitrogens is 1. The molecule has 4 nitrogen and oxygen atoms in total. The summed E-state index contributed by atoms with van der Waals surface area (Å²) in [6.45, 7) is 0.585. The van der Waals surface area contributed by atoms with Gasteiger partial charge in [0.1, 0.15) is 5.00 Å². The molecule has 0 spiro atoms. The molecule has 6 rings (SSSR count). The molecule has 1 N–H and O–H groups in total. The highest BCUT2D eigenvalue weighted by Gasteiger charge is 2.36. The van der Waals surface area contributed by atoms with E-state index in [4.69, 9.17) is 11.6 Å². The topological polar surface area (TPSA) is 37.3 Å². The van der Waals surface area contributed by atoms with Crippen LogP contribution in [-0.2, 0) is 19.4 Å². The van der Waals surface area contributed by atoms with E-state index in [1.54, 1.807) is 12.1 Å². The number of urea groups is 1. The molecule has 1 atom stereocenters. The Labute approximate surface area is 202 Å². The fourth-order valence-electron chi connectivity index (χ4n) is 5.10. The molecule has 2 amide bonds. The average molecular weight is 474 g/mol. The van der Waals surface area contributed by atoms with Gasteiger partial charge < -0.3 is 14.8 Å². The Morgan fingerprint density at radius 3 is 2.55 bits per heavy atom. The van der Waals surface area contributed by atoms with Crippen molar-refractivity contribution in [2.24, 2.45) is 0 Å². The van der Waals surface area contributed by atoms with Crippen molar-refractivity contribution >= 4 is 34.7 Å². The third-order valence-corrected chi connectivity index (χ3v) is 8.24. The fourth-order valence-corrected chi connectivity index (χ4v) is 6.63. The number of nitrogens with zero attached hydrogens (tertiary/aromatic N) is 2. The van der Waals surface area contributed by atoms with E-state index in [9.17, 15) is 4.79 Å². The van der Waals surface area contributed by atoms with Crippen molar-refractivity contribution in [1.29, 1.82) is 0 Å². The minimum atomic E-state index is -0.188. The van der Waals surface area contributed by atoms with E-state index in [1.807, 2.05) is 46.6 Å². The van der Waals surface area contributed by atoms with Crippen LogP contribution in [0.25, 0.3) is 5.00 Å². The lowest BCUT2D eigenvalue weighted by Gasteiger charge is -2.31. The van der Waals surface area contributed by atoms with Crippen molar-refractivity contribution in [3.8, 4) is 5.00 Å². The summed E-state index contributed by atoms with van der Waals surface area (Å²) in [7, 11) is 0. The molecule has 33 heavy (non-hydrogen) atoms. The SMILES string of the molecule is O=C(Nc1ccc(Cl)cc1)N1Cc2c(sc3c2CCCC3)-n2cccc2[C@@H]1c1ccccc1. The van der Waals surface area contributed by atoms with Crippen LogP contribution in [0.15, 0.2) is 72.9 Å². The van der Waals surface area contributed by atoms with Crippen molar-refractivity contribution in [2.75, 3.05) is 5.32 Å². The molecule has 2 aliphatic rings. The predicted molar refractivity (Wildman–Crippen MR) is 135 cm³/mol. The summed E-state index contributed by atoms with van der Waals surface area (Å²) in [6, 6.07) is 21.5. The number of hydrogen-bond donors (Lipinski definition) is 1. The molecule has 0 bridgehead atoms. The van der Waals surface area contributed by atoms with Gasteiger partial charge in [-0.05, 0) is 73.2 Å². The zero-order valence-electron chi connectivity index (χ0n) is 18.1. The van der Waals surface area contributed by atoms with Crippen LogP contribution in [0, 0.1) is 0 Å². The first kappa shape index (κ1) is 20.6. The summed E-state index contributed by atoms with van der Waals surface area (Å²) in [5.74, 6) is 0. The maximum atomic E-state index is 13.8. The van der Waals surface area contributed by atoms with E-state index in [0.717, 1.165) is 29.8 Å². The Hall–Kier alpha value is -3.02. The number of halogens is 1. The molecule has 2 aromatic carbocycles. The quantitative estimate of drug-likeness (QED) is 0.328. The number of hydrogen-bond acceptors (Lipinski definition) is 2. The molecule has 1 aliphatic carbocycles. The molecule has 0 radical (unpaired) electrons. The van der Waals surface area contributed by atoms with E-state index in [1.165, 1.54) is 33.8 Å². The van der Waals surface area contributed by atoms with Gasteiger partial charge in [0.2, 0.25) is 0 Å². The van der Waals surface area contributed by atoms with Crippen LogP contribution in [0.1, 0.15) is 46.1 Å². The van der Waals surface area contributed by atoms with Gasteiger partial charge in [0, 0.05) is 27.3 Å². The van der Waals surface area contributed by atoms with Gasteiger partial charge in [-0.2, -0.15) is 0 Å². The lowest BCUT2D eigenvalue weighted by atomic mass is 9.95. The minimum absolute atomic E-state index is 0.109. The minimum Gasteiger partial charge on any atom is -0.310 e. The van der Waals surface area contributed by atoms with Crippen molar-refractivity contribution in [3.05, 3.63) is 105 Å². The third kappa shape index (κ3) is 3.65. The second kappa shape index (κ2) is 8.40. The molecular weight excluding hydrogens is 450 g/mol. The smallest absolute Gasteiger partial charge is 0.310 e. The van der Waals surface area contributed by atoms with Crippen LogP contribution in [0.2, 0.25) is 5.02 Å². The highest BCUT2D eigenvalue weighted by Crippen LogP contribution is 2.44. The predicted octanol–water partition coefficient (Wildman–Crippen LogP) is 7.21. The molecule has 3 heterocycles. The van der Waals surface area contributed by atoms with Gasteiger partial charge in [0.15, 0.2) is 0 Å². The second-order valence-corrected chi connectivity index (χ2v) is 10.2. The molecule has 0 saturated carbocycles. The van der Waals surface area contributed by atoms with Gasteiger partial charge in [-0.15, -0.1) is 11.3 Å². The zero-order valence-corrected chi connectivity index (χ0v) is 19.7. The largest absolute Gasteiger partial charge is 0.322 e. The second-order valence-electron chi connectivity index (χ2n) is 8.68. The molecule has 2 aromatic heterocycles. The first-order valence-corrected chi connectivity index (χ1v) is 12.6. The monoisotopic (exact) mass is 473 g/mol. The Balaban J connectivity index is 1.49. The summed E-state index contributed by atoms with van der Waals surface area (Å²) in [5.41, 5.74) is 5.72. The molecule has 0 fully saturated rings. The normalized spacial score (nSPS) is 17.0. The lowest BCUT2D eigenvalue weighted by molar-refractivity contribution is 0.194. The third-order valence-electron chi connectivity index (χ3n) is 6.65. The maximum absolute atomic E-state index is 13.8. The van der Waals surface area contributed by atoms with E-state index in [0.29, 0.717) is 11.6 Å². The summed E-state index contributed by atoms with van der Waals surface area (Å²) >= 11 is 7.96. The zero-order chi connectivity index (χ0) is 22.4. The van der Waals surface area contributed by atoms with E-state index < -0.39 is 0 Å². The van der Waals surface area contributed by atoms with Gasteiger partial charge >= 0.3 is 6.03 Å². The van der Waals surface area contributed by atoms with Crippen LogP contribution in [0.3, 0.4) is 0 Å². The molecule has 4 aromatic rings. The van der Waals surface area contributed by atoms with Crippen molar-refractivity contribution in [3.63, 3.8) is 0 Å². The van der Waals surface area contributed by atoms with E-state index >= 15 is 0 Å². The molecule has 1 aliphatic heterocycles. The van der Waals surface area contributed by atoms with Crippen molar-refractivity contribution in [1.82, 2.24) is 9.47 Å². The van der Waals surface area contributed by atoms with Crippen molar-refractivity contribution in [2.45, 2.75) is 38.3 Å². The number of anilines is 1. The number of amides is 2. The fraction of sp³-hybridized carbons (Fsp3) is 0.222. The molecule has 166 valence electrons. The number of carbonyl (C=O) groups excluding carboxylic acids is 1. The van der Waals surface area contributed by atoms with Gasteiger partial charge in [0.05, 0.1) is 18.3 Å². The Kier molecular flexibility index (Phi) is 5.24. The van der Waals surface area contributed by atoms with Gasteiger partial charge in [0.25, 0.3) is 0 Å². The first-order valence-electron chi connectivity index (χ1n) is 11.4. The van der Waals surface area contributed by atoms with Crippen LogP contribution < -0.4 is 5.32 Å². The van der Waals surface area contributed by atoms with Gasteiger partial charge in [-0.25, -0.2) is 4.79 Å². The Morgan fingerprint density at radius 1 is 0.939 bits per heavy atom. The molecule has 6 heteroatoms. The van der Waals surface area contributed by atoms with Crippen LogP contribution in [-0.4, -0.2) is 15.5 Å². The summed E-state index contributed by atoms with van der Waals surface area (Å²) < 4.78 is 2.31. The number of rotatable bonds is 2. The highest BCUT2D eigenvalue weighted by molar-refractivity contribution is 7.15. The molecule has 0 unspecified atom stereocenters. The van der Waals surface area contributed by atoms with E-state index in [2.05, 4.69) is 40.3 Å². The average Bonchev–Trinajstić information content (AvgIpc) is 3.43. The van der Waals surface area contributed by atoms with Crippen LogP contribution in [0.5, 0.6) is 0 Å². The number of benzene rings is 2. The van der Waals surface area contributed by atoms with Gasteiger partial charge in [-0.1, -0.05) is 41.9 Å². The Morgan fingerprint density at radius 2 is 1.73 bits per heavy atom. The van der Waals surface area contributed by atoms with Crippen molar-refractivity contribution < 1.29 is 4.79 Å². The van der Waals surface area contributed by atoms with Crippen LogP contribution in [0.4, 0.5) is 10.5 Å². The Bertz CT molecular complexity index is 1310. The van der Waals surface area contributed by atoms with Gasteiger partial charge in [-0.3, -0.25) is 0 Å². The summed E-state index contributed by atoms with van der Waals surface area (Å²) in [6.07, 6.45) is 6.85. The summed E-state index contributed by atoms with van der Waals surface area (Å²) in [4.78, 5) is 17.3. The van der Waals surface area contributed by atoms with E-state index in [-0.39, 0.29) is 12.1 Å². The first-order chi connectivity index (χ1) is 16.2. The molecule has 0 saturated heterocycles. The van der Waals surface area contributed by atoms with Crippen LogP contribution >= 0.6 is 22.9 Å². The highest BCUT2D eigenvalue weighted by atomic mass is 35.5. The number of carbonyl (C=O) groups is 1. The lowest BCUT2D eigenvalue weighted by Crippen LogP contribution is -2.38. The number of fused-ring (bicyclic) bond motifs is 5. The maximum Gasteiger partial charge on any atom is 0.322 e. The number of aryl methyl sites for hydroxylation is 1. The molecular formula is C27H24ClN3OS.